The zero-order valence-corrected chi connectivity index (χ0v) is 19.7. The van der Waals surface area contributed by atoms with Crippen LogP contribution in [0.4, 0.5) is 0 Å². The van der Waals surface area contributed by atoms with Crippen LogP contribution in [0.15, 0.2) is 48.5 Å². The summed E-state index contributed by atoms with van der Waals surface area (Å²) in [5.41, 5.74) is 2.54. The van der Waals surface area contributed by atoms with Gasteiger partial charge in [-0.25, -0.2) is 0 Å². The maximum absolute atomic E-state index is 9.40. The van der Waals surface area contributed by atoms with Gasteiger partial charge in [-0.3, -0.25) is 0 Å². The highest BCUT2D eigenvalue weighted by Crippen LogP contribution is 2.31. The summed E-state index contributed by atoms with van der Waals surface area (Å²) in [5, 5.41) is 9.40. The molecular weight excluding hydrogens is 400 g/mol. The molecule has 1 N–H and O–H groups in total. The van der Waals surface area contributed by atoms with E-state index in [-0.39, 0.29) is 0 Å². The fraction of sp³-hybridized carbons (Fsp3) is 0.571. The molecule has 2 aromatic carbocycles. The lowest BCUT2D eigenvalue weighted by Gasteiger charge is -2.40. The number of hydrogen-bond acceptors (Lipinski definition) is 4. The first-order valence-corrected chi connectivity index (χ1v) is 12.4. The van der Waals surface area contributed by atoms with Gasteiger partial charge in [0.15, 0.2) is 0 Å². The molecule has 0 radical (unpaired) electrons. The predicted octanol–water partition coefficient (Wildman–Crippen LogP) is 7.00. The summed E-state index contributed by atoms with van der Waals surface area (Å²) in [6.45, 7) is 6.53. The summed E-state index contributed by atoms with van der Waals surface area (Å²) in [7, 11) is 0. The van der Waals surface area contributed by atoms with Crippen molar-refractivity contribution < 1.29 is 19.3 Å². The Kier molecular flexibility index (Phi) is 10.4. The Balaban J connectivity index is 1.13. The molecule has 32 heavy (non-hydrogen) atoms. The lowest BCUT2D eigenvalue weighted by Crippen LogP contribution is -2.45. The molecule has 1 aliphatic rings. The second-order valence-electron chi connectivity index (χ2n) is 9.15. The van der Waals surface area contributed by atoms with Crippen molar-refractivity contribution in [2.75, 3.05) is 33.0 Å². The molecule has 1 fully saturated rings. The van der Waals surface area contributed by atoms with Crippen molar-refractivity contribution in [2.24, 2.45) is 5.41 Å². The molecule has 0 amide bonds. The van der Waals surface area contributed by atoms with E-state index in [0.717, 1.165) is 62.8 Å². The molecule has 1 heterocycles. The fourth-order valence-corrected chi connectivity index (χ4v) is 4.02. The monoisotopic (exact) mass is 440 g/mol. The lowest BCUT2D eigenvalue weighted by atomic mass is 9.84. The number of unbranched alkanes of at least 4 members (excludes halogenated alkanes) is 7. The van der Waals surface area contributed by atoms with Crippen LogP contribution < -0.4 is 4.74 Å². The van der Waals surface area contributed by atoms with Gasteiger partial charge < -0.3 is 19.3 Å². The molecule has 1 aliphatic heterocycles. The fourth-order valence-electron chi connectivity index (χ4n) is 4.02. The molecule has 4 heteroatoms. The van der Waals surface area contributed by atoms with Crippen molar-refractivity contribution >= 4 is 0 Å². The Hall–Kier alpha value is -2.04. The number of phenolic OH excluding ortho intramolecular Hbond substituents is 1. The van der Waals surface area contributed by atoms with Crippen molar-refractivity contribution in [3.8, 4) is 22.6 Å². The molecular formula is C28H40O4. The summed E-state index contributed by atoms with van der Waals surface area (Å²) in [5.74, 6) is 1.21. The topological polar surface area (TPSA) is 47.9 Å². The van der Waals surface area contributed by atoms with Gasteiger partial charge in [-0.2, -0.15) is 0 Å². The Labute approximate surface area is 193 Å². The van der Waals surface area contributed by atoms with Crippen LogP contribution in [0.2, 0.25) is 0 Å². The highest BCUT2D eigenvalue weighted by atomic mass is 16.5. The number of phenols is 1. The van der Waals surface area contributed by atoms with Crippen molar-refractivity contribution in [1.29, 1.82) is 0 Å². The van der Waals surface area contributed by atoms with Gasteiger partial charge in [-0.05, 0) is 54.7 Å². The molecule has 0 bridgehead atoms. The highest BCUT2D eigenvalue weighted by molar-refractivity contribution is 5.64. The molecule has 176 valence electrons. The second-order valence-corrected chi connectivity index (χ2v) is 9.15. The average molecular weight is 441 g/mol. The SMILES string of the molecule is CCC1(COCCCCCCCCCCOc2ccc(-c3ccc(O)cc3)cc2)COC1. The molecule has 0 aromatic heterocycles. The minimum Gasteiger partial charge on any atom is -0.508 e. The molecule has 0 atom stereocenters. The number of rotatable bonds is 16. The van der Waals surface area contributed by atoms with E-state index in [1.165, 1.54) is 44.9 Å². The molecule has 0 saturated carbocycles. The van der Waals surface area contributed by atoms with E-state index in [9.17, 15) is 5.11 Å². The Morgan fingerprint density at radius 3 is 1.81 bits per heavy atom. The minimum absolute atomic E-state index is 0.291. The summed E-state index contributed by atoms with van der Waals surface area (Å²) < 4.78 is 17.1. The number of aromatic hydroxyl groups is 1. The van der Waals surface area contributed by atoms with Crippen LogP contribution in [-0.4, -0.2) is 38.1 Å². The lowest BCUT2D eigenvalue weighted by molar-refractivity contribution is -0.150. The van der Waals surface area contributed by atoms with Gasteiger partial charge in [-0.15, -0.1) is 0 Å². The Bertz CT molecular complexity index is 744. The first-order chi connectivity index (χ1) is 15.7. The standard InChI is InChI=1S/C28H40O4/c1-2-28(22-31-23-28)21-30-19-9-7-5-3-4-6-8-10-20-32-27-17-13-25(14-18-27)24-11-15-26(29)16-12-24/h11-18,29H,2-10,19-23H2,1H3. The van der Waals surface area contributed by atoms with E-state index in [4.69, 9.17) is 14.2 Å². The van der Waals surface area contributed by atoms with Crippen molar-refractivity contribution in [3.63, 3.8) is 0 Å². The Morgan fingerprint density at radius 2 is 1.28 bits per heavy atom. The van der Waals surface area contributed by atoms with Gasteiger partial charge in [0, 0.05) is 12.0 Å². The van der Waals surface area contributed by atoms with Gasteiger partial charge in [0.2, 0.25) is 0 Å². The van der Waals surface area contributed by atoms with Crippen molar-refractivity contribution in [3.05, 3.63) is 48.5 Å². The largest absolute Gasteiger partial charge is 0.508 e. The van der Waals surface area contributed by atoms with Crippen LogP contribution in [0.5, 0.6) is 11.5 Å². The summed E-state index contributed by atoms with van der Waals surface area (Å²) in [6, 6.07) is 15.4. The van der Waals surface area contributed by atoms with E-state index < -0.39 is 0 Å². The van der Waals surface area contributed by atoms with Crippen molar-refractivity contribution in [1.82, 2.24) is 0 Å². The molecule has 4 nitrogen and oxygen atoms in total. The average Bonchev–Trinajstić information content (AvgIpc) is 2.79. The molecule has 0 aliphatic carbocycles. The predicted molar refractivity (Wildman–Crippen MR) is 130 cm³/mol. The second kappa shape index (κ2) is 13.5. The van der Waals surface area contributed by atoms with Crippen molar-refractivity contribution in [2.45, 2.75) is 64.7 Å². The maximum Gasteiger partial charge on any atom is 0.119 e. The zero-order valence-electron chi connectivity index (χ0n) is 19.7. The summed E-state index contributed by atoms with van der Waals surface area (Å²) >= 11 is 0. The zero-order chi connectivity index (χ0) is 22.5. The molecule has 0 spiro atoms. The quantitative estimate of drug-likeness (QED) is 0.285. The van der Waals surface area contributed by atoms with E-state index in [0.29, 0.717) is 11.2 Å². The van der Waals surface area contributed by atoms with Crippen LogP contribution >= 0.6 is 0 Å². The van der Waals surface area contributed by atoms with Crippen LogP contribution in [0, 0.1) is 5.41 Å². The van der Waals surface area contributed by atoms with E-state index >= 15 is 0 Å². The molecule has 2 aromatic rings. The van der Waals surface area contributed by atoms with Gasteiger partial charge in [0.05, 0.1) is 26.4 Å². The third-order valence-corrected chi connectivity index (χ3v) is 6.48. The van der Waals surface area contributed by atoms with E-state index in [1.807, 2.05) is 24.3 Å². The first-order valence-electron chi connectivity index (χ1n) is 12.4. The summed E-state index contributed by atoms with van der Waals surface area (Å²) in [6.07, 6.45) is 11.2. The van der Waals surface area contributed by atoms with Crippen LogP contribution in [0.1, 0.15) is 64.7 Å². The molecule has 1 saturated heterocycles. The first kappa shape index (κ1) is 24.6. The third-order valence-electron chi connectivity index (χ3n) is 6.48. The normalized spacial score (nSPS) is 14.8. The van der Waals surface area contributed by atoms with Gasteiger partial charge in [0.1, 0.15) is 11.5 Å². The number of benzene rings is 2. The summed E-state index contributed by atoms with van der Waals surface area (Å²) in [4.78, 5) is 0. The van der Waals surface area contributed by atoms with Gasteiger partial charge >= 0.3 is 0 Å². The van der Waals surface area contributed by atoms with Crippen LogP contribution in [0.3, 0.4) is 0 Å². The number of hydrogen-bond donors (Lipinski definition) is 1. The van der Waals surface area contributed by atoms with E-state index in [1.54, 1.807) is 12.1 Å². The maximum atomic E-state index is 9.40. The van der Waals surface area contributed by atoms with Crippen LogP contribution in [0.25, 0.3) is 11.1 Å². The smallest absolute Gasteiger partial charge is 0.119 e. The minimum atomic E-state index is 0.291. The third kappa shape index (κ3) is 8.14. The molecule has 3 rings (SSSR count). The Morgan fingerprint density at radius 1 is 0.750 bits per heavy atom. The van der Waals surface area contributed by atoms with Crippen LogP contribution in [-0.2, 0) is 9.47 Å². The highest BCUT2D eigenvalue weighted by Gasteiger charge is 2.36. The van der Waals surface area contributed by atoms with Gasteiger partial charge in [0.25, 0.3) is 0 Å². The molecule has 0 unspecified atom stereocenters. The number of ether oxygens (including phenoxy) is 3. The van der Waals surface area contributed by atoms with E-state index in [2.05, 4.69) is 19.1 Å². The van der Waals surface area contributed by atoms with Gasteiger partial charge in [-0.1, -0.05) is 69.7 Å².